The van der Waals surface area contributed by atoms with E-state index < -0.39 is 8.32 Å². The molecule has 4 heteroatoms. The molecule has 17 heavy (non-hydrogen) atoms. The summed E-state index contributed by atoms with van der Waals surface area (Å²) in [7, 11) is -0.0967. The number of ether oxygens (including phenoxy) is 1. The summed E-state index contributed by atoms with van der Waals surface area (Å²) in [4.78, 5) is 0. The van der Waals surface area contributed by atoms with Crippen LogP contribution in [0.25, 0.3) is 0 Å². The molecule has 0 aromatic heterocycles. The highest BCUT2D eigenvalue weighted by Crippen LogP contribution is 2.38. The van der Waals surface area contributed by atoms with Crippen LogP contribution in [0.2, 0.25) is 18.1 Å². The molecule has 1 rings (SSSR count). The number of benzene rings is 1. The van der Waals surface area contributed by atoms with E-state index in [1.165, 1.54) is 0 Å². The van der Waals surface area contributed by atoms with Crippen LogP contribution in [-0.2, 0) is 0 Å². The predicted octanol–water partition coefficient (Wildman–Crippen LogP) is 4.84. The molecule has 0 aliphatic rings. The van der Waals surface area contributed by atoms with Crippen molar-refractivity contribution in [3.8, 4) is 11.5 Å². The van der Waals surface area contributed by atoms with E-state index in [1.807, 2.05) is 18.2 Å². The summed E-state index contributed by atoms with van der Waals surface area (Å²) in [6.07, 6.45) is 0. The van der Waals surface area contributed by atoms with Crippen LogP contribution >= 0.6 is 15.9 Å². The topological polar surface area (TPSA) is 18.5 Å². The molecule has 1 aromatic carbocycles. The van der Waals surface area contributed by atoms with Gasteiger partial charge in [0, 0.05) is 0 Å². The van der Waals surface area contributed by atoms with E-state index in [4.69, 9.17) is 9.16 Å². The van der Waals surface area contributed by atoms with E-state index in [0.717, 1.165) is 16.0 Å². The second-order valence-corrected chi connectivity index (χ2v) is 11.2. The third kappa shape index (κ3) is 3.49. The Morgan fingerprint density at radius 1 is 1.18 bits per heavy atom. The largest absolute Gasteiger partial charge is 0.543 e. The molecule has 0 aliphatic carbocycles. The molecule has 0 saturated carbocycles. The lowest BCUT2D eigenvalue weighted by Crippen LogP contribution is -2.43. The Morgan fingerprint density at radius 3 is 2.18 bits per heavy atom. The van der Waals surface area contributed by atoms with Gasteiger partial charge < -0.3 is 9.16 Å². The monoisotopic (exact) mass is 316 g/mol. The number of rotatable bonds is 3. The van der Waals surface area contributed by atoms with Crippen LogP contribution in [0.4, 0.5) is 0 Å². The van der Waals surface area contributed by atoms with E-state index in [1.54, 1.807) is 7.11 Å². The maximum absolute atomic E-state index is 6.20. The lowest BCUT2D eigenvalue weighted by atomic mass is 10.2. The summed E-state index contributed by atoms with van der Waals surface area (Å²) in [6, 6.07) is 5.86. The van der Waals surface area contributed by atoms with Gasteiger partial charge in [-0.1, -0.05) is 20.8 Å². The van der Waals surface area contributed by atoms with Crippen molar-refractivity contribution in [3.05, 3.63) is 22.7 Å². The summed E-state index contributed by atoms with van der Waals surface area (Å²) >= 11 is 3.48. The van der Waals surface area contributed by atoms with Gasteiger partial charge in [-0.3, -0.25) is 0 Å². The first-order chi connectivity index (χ1) is 7.67. The Balaban J connectivity index is 2.93. The van der Waals surface area contributed by atoms with Crippen LogP contribution in [0.1, 0.15) is 20.8 Å². The van der Waals surface area contributed by atoms with Gasteiger partial charge in [-0.2, -0.15) is 0 Å². The zero-order valence-corrected chi connectivity index (χ0v) is 14.0. The number of methoxy groups -OCH3 is 1. The Hall–Kier alpha value is -0.483. The molecule has 0 atom stereocenters. The predicted molar refractivity (Wildman–Crippen MR) is 78.5 cm³/mol. The van der Waals surface area contributed by atoms with E-state index >= 15 is 0 Å². The minimum absolute atomic E-state index is 0.208. The summed E-state index contributed by atoms with van der Waals surface area (Å²) in [5.41, 5.74) is 0. The van der Waals surface area contributed by atoms with Gasteiger partial charge in [-0.15, -0.1) is 0 Å². The van der Waals surface area contributed by atoms with E-state index in [0.29, 0.717) is 0 Å². The molecule has 0 saturated heterocycles. The first-order valence-corrected chi connectivity index (χ1v) is 9.40. The van der Waals surface area contributed by atoms with Crippen molar-refractivity contribution in [3.63, 3.8) is 0 Å². The van der Waals surface area contributed by atoms with Gasteiger partial charge in [0.1, 0.15) is 11.5 Å². The van der Waals surface area contributed by atoms with Gasteiger partial charge in [0.25, 0.3) is 0 Å². The van der Waals surface area contributed by atoms with Crippen molar-refractivity contribution < 1.29 is 9.16 Å². The average molecular weight is 317 g/mol. The first-order valence-electron chi connectivity index (χ1n) is 5.70. The van der Waals surface area contributed by atoms with Gasteiger partial charge in [-0.25, -0.2) is 0 Å². The zero-order valence-electron chi connectivity index (χ0n) is 11.4. The second-order valence-electron chi connectivity index (χ2n) is 5.66. The molecule has 0 bridgehead atoms. The minimum Gasteiger partial charge on any atom is -0.543 e. The van der Waals surface area contributed by atoms with Crippen LogP contribution in [0.5, 0.6) is 11.5 Å². The molecule has 0 spiro atoms. The smallest absolute Gasteiger partial charge is 0.250 e. The van der Waals surface area contributed by atoms with Gasteiger partial charge in [0.05, 0.1) is 11.6 Å². The van der Waals surface area contributed by atoms with Crippen molar-refractivity contribution in [1.82, 2.24) is 0 Å². The fourth-order valence-corrected chi connectivity index (χ4v) is 2.70. The summed E-state index contributed by atoms with van der Waals surface area (Å²) in [5, 5.41) is 0.208. The Bertz CT molecular complexity index is 397. The minimum atomic E-state index is -1.76. The molecule has 96 valence electrons. The molecule has 0 unspecified atom stereocenters. The third-order valence-electron chi connectivity index (χ3n) is 3.30. The number of hydrogen-bond acceptors (Lipinski definition) is 2. The Morgan fingerprint density at radius 2 is 1.76 bits per heavy atom. The van der Waals surface area contributed by atoms with Crippen molar-refractivity contribution in [2.45, 2.75) is 38.9 Å². The molecule has 0 fully saturated rings. The molecule has 1 aromatic rings. The first kappa shape index (κ1) is 14.6. The normalized spacial score (nSPS) is 12.4. The van der Waals surface area contributed by atoms with E-state index in [9.17, 15) is 0 Å². The van der Waals surface area contributed by atoms with Gasteiger partial charge in [0.15, 0.2) is 0 Å². The highest BCUT2D eigenvalue weighted by atomic mass is 79.9. The van der Waals surface area contributed by atoms with Crippen LogP contribution in [0.3, 0.4) is 0 Å². The molecule has 0 amide bonds. The Kier molecular flexibility index (Phi) is 4.31. The van der Waals surface area contributed by atoms with Gasteiger partial charge >= 0.3 is 0 Å². The fourth-order valence-electron chi connectivity index (χ4n) is 1.16. The molecular formula is C13H21BrO2Si. The maximum Gasteiger partial charge on any atom is 0.250 e. The summed E-state index contributed by atoms with van der Waals surface area (Å²) in [6.45, 7) is 11.2. The average Bonchev–Trinajstić information content (AvgIpc) is 2.15. The van der Waals surface area contributed by atoms with Gasteiger partial charge in [-0.05, 0) is 52.3 Å². The molecular weight excluding hydrogens is 296 g/mol. The van der Waals surface area contributed by atoms with Gasteiger partial charge in [0.2, 0.25) is 8.32 Å². The summed E-state index contributed by atoms with van der Waals surface area (Å²) in [5.74, 6) is 1.73. The number of hydrogen-bond donors (Lipinski definition) is 0. The molecule has 0 heterocycles. The molecule has 0 aliphatic heterocycles. The number of halogens is 1. The molecule has 2 nitrogen and oxygen atoms in total. The molecule has 0 radical (unpaired) electrons. The Labute approximate surface area is 114 Å². The van der Waals surface area contributed by atoms with E-state index in [2.05, 4.69) is 49.8 Å². The van der Waals surface area contributed by atoms with Crippen molar-refractivity contribution in [1.29, 1.82) is 0 Å². The quantitative estimate of drug-likeness (QED) is 0.743. The van der Waals surface area contributed by atoms with Crippen molar-refractivity contribution in [2.24, 2.45) is 0 Å². The van der Waals surface area contributed by atoms with Crippen LogP contribution in [0, 0.1) is 0 Å². The van der Waals surface area contributed by atoms with Crippen molar-refractivity contribution >= 4 is 24.2 Å². The highest BCUT2D eigenvalue weighted by molar-refractivity contribution is 9.10. The highest BCUT2D eigenvalue weighted by Gasteiger charge is 2.38. The second kappa shape index (κ2) is 5.02. The fraction of sp³-hybridized carbons (Fsp3) is 0.538. The lowest BCUT2D eigenvalue weighted by Gasteiger charge is -2.36. The SMILES string of the molecule is COc1ccc(O[Si](C)(C)C(C)(C)C)cc1Br. The van der Waals surface area contributed by atoms with Crippen LogP contribution in [0.15, 0.2) is 22.7 Å². The van der Waals surface area contributed by atoms with Crippen LogP contribution in [-0.4, -0.2) is 15.4 Å². The third-order valence-corrected chi connectivity index (χ3v) is 8.28. The molecule has 0 N–H and O–H groups in total. The van der Waals surface area contributed by atoms with E-state index in [-0.39, 0.29) is 5.04 Å². The standard InChI is InChI=1S/C13H21BrO2Si/c1-13(2,3)17(5,6)16-10-7-8-12(15-4)11(14)9-10/h7-9H,1-6H3. The lowest BCUT2D eigenvalue weighted by molar-refractivity contribution is 0.410. The van der Waals surface area contributed by atoms with Crippen molar-refractivity contribution in [2.75, 3.05) is 7.11 Å². The summed E-state index contributed by atoms with van der Waals surface area (Å²) < 4.78 is 12.3. The zero-order chi connectivity index (χ0) is 13.3. The van der Waals surface area contributed by atoms with Crippen LogP contribution < -0.4 is 9.16 Å². The maximum atomic E-state index is 6.20.